The van der Waals surface area contributed by atoms with Crippen molar-refractivity contribution >= 4 is 29.1 Å². The van der Waals surface area contributed by atoms with Crippen LogP contribution in [-0.2, 0) is 15.1 Å². The van der Waals surface area contributed by atoms with Crippen molar-refractivity contribution in [3.63, 3.8) is 0 Å². The number of anilines is 1. The number of ether oxygens (including phenoxy) is 1. The van der Waals surface area contributed by atoms with Crippen LogP contribution in [0.5, 0.6) is 5.75 Å². The van der Waals surface area contributed by atoms with Crippen LogP contribution in [0.4, 0.5) is 10.1 Å². The summed E-state index contributed by atoms with van der Waals surface area (Å²) in [7, 11) is 1.53. The van der Waals surface area contributed by atoms with Gasteiger partial charge in [0, 0.05) is 47.9 Å². The Kier molecular flexibility index (Phi) is 4.90. The molecule has 0 radical (unpaired) electrons. The fraction of sp³-hybridized carbons (Fsp3) is 0.391. The lowest BCUT2D eigenvalue weighted by atomic mass is 9.80. The van der Waals surface area contributed by atoms with E-state index in [4.69, 9.17) is 16.3 Å². The molecule has 2 fully saturated rings. The molecule has 0 aromatic heterocycles. The molecular weight excluding hydrogens is 421 g/mol. The zero-order valence-electron chi connectivity index (χ0n) is 17.1. The monoisotopic (exact) mass is 443 g/mol. The highest BCUT2D eigenvalue weighted by Crippen LogP contribution is 2.51. The summed E-state index contributed by atoms with van der Waals surface area (Å²) in [5.41, 5.74) is 0.327. The number of benzene rings is 2. The van der Waals surface area contributed by atoms with Crippen LogP contribution in [0, 0.1) is 0 Å². The molecule has 0 saturated carbocycles. The number of rotatable bonds is 4. The molecule has 3 aliphatic rings. The van der Waals surface area contributed by atoms with Crippen LogP contribution in [0.15, 0.2) is 42.5 Å². The number of nitrogens with zero attached hydrogens (tertiary/aromatic N) is 2. The Morgan fingerprint density at radius 3 is 2.71 bits per heavy atom. The standard InChI is InChI=1S/C23H23ClFN3O3/c1-31-20-6-3-2-5-16(20)23(17-11-14(24)7-8-18(17)26-22(23)30)28-13-15(25)12-19(28)21(29)27-9-4-10-27/h2-3,5-8,11,15,19H,4,9-10,12-13H2,1H3,(H,26,30)/t15?,19-,23?/m0/s1. The van der Waals surface area contributed by atoms with Gasteiger partial charge in [0.05, 0.1) is 13.2 Å². The Bertz CT molecular complexity index is 1060. The molecule has 8 heteroatoms. The fourth-order valence-electron chi connectivity index (χ4n) is 5.05. The number of methoxy groups -OCH3 is 1. The Labute approximate surface area is 184 Å². The first kappa shape index (κ1) is 20.3. The summed E-state index contributed by atoms with van der Waals surface area (Å²) in [6, 6.07) is 11.6. The highest BCUT2D eigenvalue weighted by atomic mass is 35.5. The minimum Gasteiger partial charge on any atom is -0.496 e. The van der Waals surface area contributed by atoms with Crippen molar-refractivity contribution in [2.45, 2.75) is 30.6 Å². The maximum atomic E-state index is 14.9. The third-order valence-electron chi connectivity index (χ3n) is 6.58. The molecule has 31 heavy (non-hydrogen) atoms. The quantitative estimate of drug-likeness (QED) is 0.788. The molecule has 0 spiro atoms. The summed E-state index contributed by atoms with van der Waals surface area (Å²) >= 11 is 6.34. The second-order valence-corrected chi connectivity index (χ2v) is 8.67. The maximum absolute atomic E-state index is 14.9. The van der Waals surface area contributed by atoms with Crippen LogP contribution in [-0.4, -0.2) is 60.6 Å². The summed E-state index contributed by atoms with van der Waals surface area (Å²) in [6.45, 7) is 1.29. The molecule has 3 atom stereocenters. The smallest absolute Gasteiger partial charge is 0.254 e. The van der Waals surface area contributed by atoms with Gasteiger partial charge < -0.3 is 15.0 Å². The van der Waals surface area contributed by atoms with E-state index in [0.29, 0.717) is 40.7 Å². The predicted molar refractivity (Wildman–Crippen MR) is 115 cm³/mol. The van der Waals surface area contributed by atoms with Crippen molar-refractivity contribution in [2.75, 3.05) is 32.1 Å². The second-order valence-electron chi connectivity index (χ2n) is 8.23. The summed E-state index contributed by atoms with van der Waals surface area (Å²) in [6.07, 6.45) is -0.235. The molecule has 6 nitrogen and oxygen atoms in total. The van der Waals surface area contributed by atoms with E-state index in [0.717, 1.165) is 6.42 Å². The second kappa shape index (κ2) is 7.50. The highest BCUT2D eigenvalue weighted by molar-refractivity contribution is 6.31. The molecule has 3 aliphatic heterocycles. The van der Waals surface area contributed by atoms with E-state index in [1.807, 2.05) is 12.1 Å². The molecule has 1 N–H and O–H groups in total. The number of amides is 2. The van der Waals surface area contributed by atoms with Gasteiger partial charge in [0.25, 0.3) is 5.91 Å². The minimum atomic E-state index is -1.43. The van der Waals surface area contributed by atoms with E-state index >= 15 is 0 Å². The summed E-state index contributed by atoms with van der Waals surface area (Å²) < 4.78 is 20.5. The number of nitrogens with one attached hydrogen (secondary N) is 1. The number of hydrogen-bond acceptors (Lipinski definition) is 4. The van der Waals surface area contributed by atoms with Crippen LogP contribution in [0.3, 0.4) is 0 Å². The van der Waals surface area contributed by atoms with E-state index in [2.05, 4.69) is 5.32 Å². The van der Waals surface area contributed by atoms with Crippen LogP contribution in [0.2, 0.25) is 5.02 Å². The van der Waals surface area contributed by atoms with Crippen molar-refractivity contribution in [3.05, 3.63) is 58.6 Å². The van der Waals surface area contributed by atoms with Crippen LogP contribution < -0.4 is 10.1 Å². The lowest BCUT2D eigenvalue weighted by molar-refractivity contribution is -0.143. The van der Waals surface area contributed by atoms with Crippen molar-refractivity contribution in [2.24, 2.45) is 0 Å². The first-order valence-corrected chi connectivity index (χ1v) is 10.8. The van der Waals surface area contributed by atoms with Gasteiger partial charge in [-0.1, -0.05) is 29.8 Å². The van der Waals surface area contributed by atoms with Gasteiger partial charge >= 0.3 is 0 Å². The number of fused-ring (bicyclic) bond motifs is 1. The van der Waals surface area contributed by atoms with E-state index in [-0.39, 0.29) is 24.8 Å². The summed E-state index contributed by atoms with van der Waals surface area (Å²) in [5, 5.41) is 3.39. The number of likely N-dealkylation sites (tertiary alicyclic amines) is 2. The molecule has 2 amide bonds. The average Bonchev–Trinajstić information content (AvgIpc) is 3.24. The SMILES string of the molecule is COc1ccccc1C1(N2CC(F)C[C@H]2C(=O)N2CCC2)C(=O)Nc2ccc(Cl)cc21. The molecule has 2 aromatic rings. The molecular formula is C23H23ClFN3O3. The van der Waals surface area contributed by atoms with E-state index < -0.39 is 17.8 Å². The van der Waals surface area contributed by atoms with Crippen LogP contribution in [0.1, 0.15) is 24.0 Å². The largest absolute Gasteiger partial charge is 0.496 e. The third kappa shape index (κ3) is 2.94. The molecule has 0 aliphatic carbocycles. The average molecular weight is 444 g/mol. The third-order valence-corrected chi connectivity index (χ3v) is 6.81. The van der Waals surface area contributed by atoms with Crippen LogP contribution >= 0.6 is 11.6 Å². The molecule has 0 bridgehead atoms. The van der Waals surface area contributed by atoms with Crippen LogP contribution in [0.25, 0.3) is 0 Å². The Hall–Kier alpha value is -2.64. The van der Waals surface area contributed by atoms with Crippen molar-refractivity contribution in [3.8, 4) is 5.75 Å². The Morgan fingerprint density at radius 1 is 1.23 bits per heavy atom. The van der Waals surface area contributed by atoms with Crippen molar-refractivity contribution in [1.29, 1.82) is 0 Å². The number of hydrogen-bond donors (Lipinski definition) is 1. The number of halogens is 2. The zero-order chi connectivity index (χ0) is 21.8. The van der Waals surface area contributed by atoms with Gasteiger partial charge in [0.1, 0.15) is 11.9 Å². The van der Waals surface area contributed by atoms with Gasteiger partial charge in [0.15, 0.2) is 5.54 Å². The van der Waals surface area contributed by atoms with E-state index in [9.17, 15) is 14.0 Å². The molecule has 2 unspecified atom stereocenters. The van der Waals surface area contributed by atoms with Crippen molar-refractivity contribution in [1.82, 2.24) is 9.80 Å². The first-order valence-electron chi connectivity index (χ1n) is 10.4. The number of alkyl halides is 1. The predicted octanol–water partition coefficient (Wildman–Crippen LogP) is 3.19. The van der Waals surface area contributed by atoms with E-state index in [1.165, 1.54) is 7.11 Å². The van der Waals surface area contributed by atoms with Gasteiger partial charge in [-0.2, -0.15) is 0 Å². The number of carbonyl (C=O) groups excluding carboxylic acids is 2. The molecule has 5 rings (SSSR count). The topological polar surface area (TPSA) is 61.9 Å². The lowest BCUT2D eigenvalue weighted by Crippen LogP contribution is -2.59. The highest BCUT2D eigenvalue weighted by Gasteiger charge is 2.60. The molecule has 2 aromatic carbocycles. The van der Waals surface area contributed by atoms with E-state index in [1.54, 1.807) is 40.1 Å². The minimum absolute atomic E-state index is 0.0400. The van der Waals surface area contributed by atoms with Gasteiger partial charge in [0.2, 0.25) is 5.91 Å². The van der Waals surface area contributed by atoms with Crippen molar-refractivity contribution < 1.29 is 18.7 Å². The maximum Gasteiger partial charge on any atom is 0.254 e. The summed E-state index contributed by atoms with van der Waals surface area (Å²) in [5.74, 6) is 0.0108. The normalized spacial score (nSPS) is 27.6. The molecule has 162 valence electrons. The van der Waals surface area contributed by atoms with Gasteiger partial charge in [-0.3, -0.25) is 14.5 Å². The van der Waals surface area contributed by atoms with Gasteiger partial charge in [-0.25, -0.2) is 4.39 Å². The fourth-order valence-corrected chi connectivity index (χ4v) is 5.22. The molecule has 2 saturated heterocycles. The Morgan fingerprint density at radius 2 is 2.00 bits per heavy atom. The number of carbonyl (C=O) groups is 2. The lowest BCUT2D eigenvalue weighted by Gasteiger charge is -2.43. The first-order chi connectivity index (χ1) is 15.0. The Balaban J connectivity index is 1.75. The summed E-state index contributed by atoms with van der Waals surface area (Å²) in [4.78, 5) is 30.5. The van der Waals surface area contributed by atoms with Gasteiger partial charge in [-0.05, 0) is 30.7 Å². The zero-order valence-corrected chi connectivity index (χ0v) is 17.9. The molecule has 3 heterocycles. The number of para-hydroxylation sites is 1. The van der Waals surface area contributed by atoms with Gasteiger partial charge in [-0.15, -0.1) is 0 Å².